The minimum absolute atomic E-state index is 0. The molecule has 0 aliphatic heterocycles. The summed E-state index contributed by atoms with van der Waals surface area (Å²) >= 11 is 0. The number of para-hydroxylation sites is 1. The third-order valence-corrected chi connectivity index (χ3v) is 27.0. The van der Waals surface area contributed by atoms with Crippen LogP contribution >= 0.6 is 0 Å². The van der Waals surface area contributed by atoms with E-state index in [1.807, 2.05) is 190 Å². The molecule has 0 fully saturated rings. The number of furan rings is 3. The van der Waals surface area contributed by atoms with Crippen LogP contribution in [0.25, 0.3) is 156 Å². The summed E-state index contributed by atoms with van der Waals surface area (Å²) in [4.78, 5) is 36.0. The molecular formula is C108H94Ir3N8O3Si3-6. The van der Waals surface area contributed by atoms with Gasteiger partial charge >= 0.3 is 0 Å². The molecule has 0 saturated carbocycles. The fraction of sp³-hybridized carbons (Fsp3) is 0.130. The summed E-state index contributed by atoms with van der Waals surface area (Å²) in [5.41, 5.74) is 25.1. The first kappa shape index (κ1) is 92.4. The van der Waals surface area contributed by atoms with Crippen molar-refractivity contribution in [3.8, 4) is 89.8 Å². The van der Waals surface area contributed by atoms with E-state index in [-0.39, 0.29) is 60.3 Å². The van der Waals surface area contributed by atoms with Crippen LogP contribution in [0.3, 0.4) is 0 Å². The second-order valence-corrected chi connectivity index (χ2v) is 48.4. The molecule has 11 heterocycles. The first-order valence-corrected chi connectivity index (χ1v) is 51.6. The van der Waals surface area contributed by atoms with Crippen LogP contribution in [0.1, 0.15) is 36.7 Å². The van der Waals surface area contributed by atoms with Crippen LogP contribution in [0.5, 0.6) is 0 Å². The maximum atomic E-state index is 6.05. The topological polar surface area (TPSA) is 143 Å². The van der Waals surface area contributed by atoms with Crippen LogP contribution in [0.4, 0.5) is 0 Å². The molecule has 0 bridgehead atoms. The van der Waals surface area contributed by atoms with Crippen LogP contribution in [-0.4, -0.2) is 64.1 Å². The number of benzene rings is 9. The van der Waals surface area contributed by atoms with E-state index in [1.54, 1.807) is 24.8 Å². The summed E-state index contributed by atoms with van der Waals surface area (Å²) in [6.45, 7) is 29.9. The van der Waals surface area contributed by atoms with Gasteiger partial charge in [0.25, 0.3) is 0 Å². The summed E-state index contributed by atoms with van der Waals surface area (Å²) < 4.78 is 17.8. The average Bonchev–Trinajstić information content (AvgIpc) is 1.67. The zero-order chi connectivity index (χ0) is 84.9. The van der Waals surface area contributed by atoms with E-state index in [9.17, 15) is 0 Å². The van der Waals surface area contributed by atoms with Gasteiger partial charge in [-0.1, -0.05) is 228 Å². The molecule has 0 amide bonds. The van der Waals surface area contributed by atoms with Crippen LogP contribution < -0.4 is 15.6 Å². The summed E-state index contributed by atoms with van der Waals surface area (Å²) in [7, 11) is -4.53. The number of pyridine rings is 8. The van der Waals surface area contributed by atoms with E-state index < -0.39 is 24.2 Å². The quantitative estimate of drug-likeness (QED) is 0.0852. The Balaban J connectivity index is 0.000000141. The number of rotatable bonds is 12. The number of aromatic nitrogens is 8. The van der Waals surface area contributed by atoms with E-state index in [4.69, 9.17) is 28.2 Å². The summed E-state index contributed by atoms with van der Waals surface area (Å²) in [6, 6.07) is 115. The van der Waals surface area contributed by atoms with Crippen LogP contribution in [0.15, 0.2) is 342 Å². The van der Waals surface area contributed by atoms with E-state index in [0.717, 1.165) is 139 Å². The number of hydrogen-bond donors (Lipinski definition) is 0. The van der Waals surface area contributed by atoms with Crippen molar-refractivity contribution >= 4 is 106 Å². The normalized spacial score (nSPS) is 11.1. The molecule has 0 spiro atoms. The van der Waals surface area contributed by atoms with Gasteiger partial charge in [-0.3, -0.25) is 4.98 Å². The molecule has 20 aromatic rings. The maximum Gasteiger partial charge on any atom is 0.216 e. The Morgan fingerprint density at radius 3 is 1.11 bits per heavy atom. The molecule has 0 N–H and O–H groups in total. The van der Waals surface area contributed by atoms with Crippen LogP contribution in [0.2, 0.25) is 58.9 Å². The van der Waals surface area contributed by atoms with Gasteiger partial charge in [0, 0.05) is 126 Å². The Hall–Kier alpha value is -11.8. The van der Waals surface area contributed by atoms with Gasteiger partial charge in [-0.15, -0.1) is 179 Å². The molecule has 9 aromatic carbocycles. The van der Waals surface area contributed by atoms with Crippen molar-refractivity contribution in [1.82, 2.24) is 39.9 Å². The minimum atomic E-state index is -1.55. The smallest absolute Gasteiger partial charge is 0.216 e. The molecule has 0 aliphatic carbocycles. The largest absolute Gasteiger partial charge is 0.500 e. The zero-order valence-electron chi connectivity index (χ0n) is 72.1. The fourth-order valence-corrected chi connectivity index (χ4v) is 19.4. The number of hydrogen-bond acceptors (Lipinski definition) is 11. The van der Waals surface area contributed by atoms with Crippen molar-refractivity contribution in [2.75, 3.05) is 0 Å². The Morgan fingerprint density at radius 1 is 0.296 bits per heavy atom. The molecular weight excluding hydrogens is 2120 g/mol. The molecule has 125 heavy (non-hydrogen) atoms. The predicted octanol–water partition coefficient (Wildman–Crippen LogP) is 26.5. The van der Waals surface area contributed by atoms with Gasteiger partial charge in [0.1, 0.15) is 11.2 Å². The standard InChI is InChI=1S/C26H22NOSi.C25H21N2OSi.C24H27N2OSi.3C11H8N.3Ir/c1-29(2,3)26-17-27-23(16-21(26)18-9-5-4-6-10-18)19-13-14-25-22(15-19)20-11-7-8-12-24(20)28-25;1-29(2,3)24-16-27-22(15-20(24)17-8-5-4-6-9-17)18-11-12-23-21(14-18)19-10-7-13-26-25(19)28-23;1-14(2)18-12-21(25-13-23(18)28(5,6)7)17-8-9-22-19(11-17)20-10-15(3)26-16(4)24(20)27-22;3*1-2-6-10(7-3-1)11-8-4-5-9-12-11;;;/h4-12,14-17H,1-3H3;4-10,12-16H,1-3H3;9-14H,1-7H3;3*1-6,8-9H;;;/q6*-1;;;. The van der Waals surface area contributed by atoms with Gasteiger partial charge < -0.3 is 43.2 Å². The molecule has 629 valence electrons. The molecule has 0 aliphatic rings. The van der Waals surface area contributed by atoms with E-state index in [0.29, 0.717) is 11.6 Å². The Morgan fingerprint density at radius 2 is 0.680 bits per heavy atom. The number of nitrogens with zero attached hydrogens (tertiary/aromatic N) is 8. The Bertz CT molecular complexity index is 6430. The second kappa shape index (κ2) is 41.8. The Kier molecular flexibility index (Phi) is 30.9. The van der Waals surface area contributed by atoms with Crippen LogP contribution in [-0.2, 0) is 60.3 Å². The maximum absolute atomic E-state index is 6.05. The van der Waals surface area contributed by atoms with E-state index in [1.165, 1.54) is 43.4 Å². The summed E-state index contributed by atoms with van der Waals surface area (Å²) in [5, 5.41) is 10.7. The molecule has 11 aromatic heterocycles. The van der Waals surface area contributed by atoms with Crippen molar-refractivity contribution in [3.63, 3.8) is 0 Å². The van der Waals surface area contributed by atoms with Crippen molar-refractivity contribution in [2.24, 2.45) is 0 Å². The SMILES string of the molecule is C[Si](C)(C)c1cnc(-c2[c-]cc3oc4ccccc4c3c2)cc1-c1ccccc1.C[Si](C)(C)c1cnc(-c2[c-]cc3oc4ncccc4c3c2)cc1-c1ccccc1.Cc1cc2c(oc3c[c-]c(-c4cc(C(C)C)c([Si](C)(C)C)cn4)cc32)c(C)n1.[Ir].[Ir].[Ir].[c-]1ccccc1-c1ccccn1.[c-]1ccccc1-c1ccccn1.[c-]1ccccc1-c1ccccn1. The average molecular weight is 2210 g/mol. The van der Waals surface area contributed by atoms with E-state index >= 15 is 0 Å². The number of aryl methyl sites for hydroxylation is 2. The first-order chi connectivity index (χ1) is 59.1. The third kappa shape index (κ3) is 22.5. The molecule has 11 nitrogen and oxygen atoms in total. The third-order valence-electron chi connectivity index (χ3n) is 20.9. The van der Waals surface area contributed by atoms with Crippen LogP contribution in [0, 0.1) is 50.2 Å². The zero-order valence-corrected chi connectivity index (χ0v) is 82.2. The van der Waals surface area contributed by atoms with Crippen molar-refractivity contribution in [1.29, 1.82) is 0 Å². The van der Waals surface area contributed by atoms with Gasteiger partial charge in [0.15, 0.2) is 0 Å². The van der Waals surface area contributed by atoms with Crippen molar-refractivity contribution in [3.05, 3.63) is 382 Å². The van der Waals surface area contributed by atoms with Gasteiger partial charge in [-0.05, 0) is 134 Å². The monoisotopic (exact) mass is 2210 g/mol. The van der Waals surface area contributed by atoms with Gasteiger partial charge in [0.05, 0.1) is 46.7 Å². The van der Waals surface area contributed by atoms with Gasteiger partial charge in [-0.2, -0.15) is 0 Å². The van der Waals surface area contributed by atoms with Gasteiger partial charge in [-0.25, -0.2) is 4.98 Å². The van der Waals surface area contributed by atoms with Crippen molar-refractivity contribution in [2.45, 2.75) is 92.5 Å². The molecule has 0 unspecified atom stereocenters. The Labute approximate surface area is 776 Å². The van der Waals surface area contributed by atoms with E-state index in [2.05, 4.69) is 262 Å². The second-order valence-electron chi connectivity index (χ2n) is 33.3. The molecule has 20 rings (SSSR count). The van der Waals surface area contributed by atoms with Gasteiger partial charge in [0.2, 0.25) is 5.71 Å². The fourth-order valence-electron chi connectivity index (χ4n) is 14.8. The summed E-state index contributed by atoms with van der Waals surface area (Å²) in [6.07, 6.45) is 13.4. The predicted molar refractivity (Wildman–Crippen MR) is 512 cm³/mol. The molecule has 3 radical (unpaired) electrons. The minimum Gasteiger partial charge on any atom is -0.500 e. The number of fused-ring (bicyclic) bond motifs is 9. The summed E-state index contributed by atoms with van der Waals surface area (Å²) in [5.74, 6) is 0.471. The molecule has 0 saturated heterocycles. The molecule has 0 atom stereocenters. The van der Waals surface area contributed by atoms with Crippen molar-refractivity contribution < 1.29 is 73.6 Å². The first-order valence-electron chi connectivity index (χ1n) is 41.1. The molecule has 17 heteroatoms.